The Bertz CT molecular complexity index is 1040. The Morgan fingerprint density at radius 3 is 2.82 bits per heavy atom. The van der Waals surface area contributed by atoms with Crippen LogP contribution in [0.15, 0.2) is 36.5 Å². The topological polar surface area (TPSA) is 81.3 Å². The maximum absolute atomic E-state index is 13.2. The predicted octanol–water partition coefficient (Wildman–Crippen LogP) is 3.95. The van der Waals surface area contributed by atoms with Crippen molar-refractivity contribution in [1.82, 2.24) is 14.9 Å². The van der Waals surface area contributed by atoms with Gasteiger partial charge in [0.1, 0.15) is 5.82 Å². The molecule has 0 bridgehead atoms. The first-order valence-electron chi connectivity index (χ1n) is 9.25. The summed E-state index contributed by atoms with van der Waals surface area (Å²) in [5.41, 5.74) is 10.2. The number of carbonyl (C=O) groups excluding carboxylic acids is 1. The Labute approximate surface area is 168 Å². The number of anilines is 1. The summed E-state index contributed by atoms with van der Waals surface area (Å²) in [5, 5.41) is 1.50. The number of nitrogens with zero attached hydrogens (tertiary/aromatic N) is 3. The number of halogens is 1. The van der Waals surface area contributed by atoms with Gasteiger partial charge in [0.15, 0.2) is 0 Å². The van der Waals surface area contributed by atoms with Gasteiger partial charge in [-0.1, -0.05) is 18.5 Å². The normalized spacial score (nSPS) is 12.9. The molecule has 0 saturated heterocycles. The van der Waals surface area contributed by atoms with E-state index >= 15 is 0 Å². The number of nitrogen functional groups attached to an aromatic ring is 1. The number of benzene rings is 1. The SMILES string of the molecule is CCCN(Cc1ccc(Cl)cn1)C(=O)c1ccc2nc(N)c3c(c2c1)COC3. The minimum Gasteiger partial charge on any atom is -0.383 e. The van der Waals surface area contributed by atoms with Gasteiger partial charge in [-0.25, -0.2) is 4.98 Å². The number of amides is 1. The Balaban J connectivity index is 1.67. The number of pyridine rings is 2. The van der Waals surface area contributed by atoms with E-state index in [4.69, 9.17) is 22.1 Å². The second-order valence-electron chi connectivity index (χ2n) is 6.87. The number of hydrogen-bond donors (Lipinski definition) is 1. The highest BCUT2D eigenvalue weighted by atomic mass is 35.5. The number of nitrogens with two attached hydrogens (primary N) is 1. The van der Waals surface area contributed by atoms with E-state index in [9.17, 15) is 4.79 Å². The molecule has 7 heteroatoms. The van der Waals surface area contributed by atoms with E-state index in [1.807, 2.05) is 25.1 Å². The van der Waals surface area contributed by atoms with E-state index in [-0.39, 0.29) is 5.91 Å². The molecule has 1 amide bonds. The average Bonchev–Trinajstić information content (AvgIpc) is 3.19. The van der Waals surface area contributed by atoms with Crippen LogP contribution in [0, 0.1) is 0 Å². The van der Waals surface area contributed by atoms with Crippen molar-refractivity contribution in [2.75, 3.05) is 12.3 Å². The van der Waals surface area contributed by atoms with Crippen LogP contribution in [-0.2, 0) is 24.5 Å². The molecule has 3 aromatic rings. The second-order valence-corrected chi connectivity index (χ2v) is 7.31. The molecule has 0 atom stereocenters. The van der Waals surface area contributed by atoms with Crippen molar-refractivity contribution in [3.8, 4) is 0 Å². The molecule has 4 rings (SSSR count). The van der Waals surface area contributed by atoms with Crippen LogP contribution in [0.2, 0.25) is 5.02 Å². The molecule has 0 spiro atoms. The summed E-state index contributed by atoms with van der Waals surface area (Å²) in [4.78, 5) is 23.8. The number of rotatable bonds is 5. The monoisotopic (exact) mass is 396 g/mol. The van der Waals surface area contributed by atoms with Crippen LogP contribution in [0.3, 0.4) is 0 Å². The number of ether oxygens (including phenoxy) is 1. The average molecular weight is 397 g/mol. The van der Waals surface area contributed by atoms with Gasteiger partial charge in [-0.05, 0) is 42.3 Å². The largest absolute Gasteiger partial charge is 0.383 e. The summed E-state index contributed by atoms with van der Waals surface area (Å²) in [7, 11) is 0. The first-order chi connectivity index (χ1) is 13.6. The molecule has 2 aromatic heterocycles. The van der Waals surface area contributed by atoms with Gasteiger partial charge in [0.25, 0.3) is 5.91 Å². The number of hydrogen-bond acceptors (Lipinski definition) is 5. The molecule has 0 aliphatic carbocycles. The van der Waals surface area contributed by atoms with Crippen molar-refractivity contribution in [2.24, 2.45) is 0 Å². The Morgan fingerprint density at radius 2 is 2.07 bits per heavy atom. The van der Waals surface area contributed by atoms with Crippen LogP contribution in [0.25, 0.3) is 10.9 Å². The maximum Gasteiger partial charge on any atom is 0.254 e. The van der Waals surface area contributed by atoms with Crippen molar-refractivity contribution < 1.29 is 9.53 Å². The van der Waals surface area contributed by atoms with Gasteiger partial charge in [0, 0.05) is 29.3 Å². The highest BCUT2D eigenvalue weighted by Crippen LogP contribution is 2.31. The smallest absolute Gasteiger partial charge is 0.254 e. The summed E-state index contributed by atoms with van der Waals surface area (Å²) < 4.78 is 5.54. The third-order valence-electron chi connectivity index (χ3n) is 4.90. The van der Waals surface area contributed by atoms with Crippen LogP contribution < -0.4 is 5.73 Å². The van der Waals surface area contributed by atoms with Crippen LogP contribution in [-0.4, -0.2) is 27.3 Å². The van der Waals surface area contributed by atoms with Crippen molar-refractivity contribution in [3.63, 3.8) is 0 Å². The van der Waals surface area contributed by atoms with Crippen molar-refractivity contribution >= 4 is 34.2 Å². The molecule has 0 saturated carbocycles. The van der Waals surface area contributed by atoms with E-state index in [1.165, 1.54) is 0 Å². The van der Waals surface area contributed by atoms with E-state index in [2.05, 4.69) is 9.97 Å². The lowest BCUT2D eigenvalue weighted by Crippen LogP contribution is -2.31. The Kier molecular flexibility index (Phi) is 5.15. The van der Waals surface area contributed by atoms with Crippen LogP contribution in [0.1, 0.15) is 40.5 Å². The fourth-order valence-electron chi connectivity index (χ4n) is 3.50. The summed E-state index contributed by atoms with van der Waals surface area (Å²) >= 11 is 5.91. The zero-order chi connectivity index (χ0) is 19.7. The molecule has 1 aromatic carbocycles. The lowest BCUT2D eigenvalue weighted by Gasteiger charge is -2.22. The molecule has 144 valence electrons. The standard InChI is InChI=1S/C21H21ClN4O2/c1-2-7-26(10-15-5-4-14(22)9-24-15)21(27)13-3-6-19-16(8-13)17-11-28-12-18(17)20(23)25-19/h3-6,8-9H,2,7,10-12H2,1H3,(H2,23,25). The Morgan fingerprint density at radius 1 is 1.25 bits per heavy atom. The molecule has 0 fully saturated rings. The van der Waals surface area contributed by atoms with Crippen molar-refractivity contribution in [2.45, 2.75) is 33.1 Å². The summed E-state index contributed by atoms with van der Waals surface area (Å²) in [6.07, 6.45) is 2.45. The summed E-state index contributed by atoms with van der Waals surface area (Å²) in [6.45, 7) is 4.08. The molecule has 0 radical (unpaired) electrons. The molecule has 1 aliphatic rings. The van der Waals surface area contributed by atoms with E-state index in [0.29, 0.717) is 42.7 Å². The molecule has 28 heavy (non-hydrogen) atoms. The number of carbonyl (C=O) groups is 1. The molecule has 1 aliphatic heterocycles. The van der Waals surface area contributed by atoms with Crippen LogP contribution in [0.4, 0.5) is 5.82 Å². The zero-order valence-electron chi connectivity index (χ0n) is 15.6. The molecule has 0 unspecified atom stereocenters. The number of fused-ring (bicyclic) bond motifs is 3. The van der Waals surface area contributed by atoms with E-state index in [1.54, 1.807) is 23.2 Å². The van der Waals surface area contributed by atoms with Crippen molar-refractivity contribution in [1.29, 1.82) is 0 Å². The van der Waals surface area contributed by atoms with Gasteiger partial charge in [0.2, 0.25) is 0 Å². The van der Waals surface area contributed by atoms with Crippen molar-refractivity contribution in [3.05, 3.63) is 63.9 Å². The molecule has 3 heterocycles. The predicted molar refractivity (Wildman–Crippen MR) is 109 cm³/mol. The van der Waals surface area contributed by atoms with Gasteiger partial charge in [-0.15, -0.1) is 0 Å². The Hall–Kier alpha value is -2.70. The first kappa shape index (κ1) is 18.7. The molecule has 6 nitrogen and oxygen atoms in total. The zero-order valence-corrected chi connectivity index (χ0v) is 16.4. The lowest BCUT2D eigenvalue weighted by molar-refractivity contribution is 0.0741. The molecule has 2 N–H and O–H groups in total. The summed E-state index contributed by atoms with van der Waals surface area (Å²) in [5.74, 6) is 0.463. The third-order valence-corrected chi connectivity index (χ3v) is 5.12. The minimum atomic E-state index is -0.0370. The third kappa shape index (κ3) is 3.53. The number of aromatic nitrogens is 2. The second kappa shape index (κ2) is 7.73. The lowest BCUT2D eigenvalue weighted by atomic mass is 10.0. The van der Waals surface area contributed by atoms with Crippen LogP contribution in [0.5, 0.6) is 0 Å². The van der Waals surface area contributed by atoms with Gasteiger partial charge in [-0.2, -0.15) is 0 Å². The van der Waals surface area contributed by atoms with Gasteiger partial charge in [0.05, 0.1) is 36.0 Å². The van der Waals surface area contributed by atoms with Gasteiger partial charge >= 0.3 is 0 Å². The quantitative estimate of drug-likeness (QED) is 0.706. The minimum absolute atomic E-state index is 0.0370. The fourth-order valence-corrected chi connectivity index (χ4v) is 3.62. The summed E-state index contributed by atoms with van der Waals surface area (Å²) in [6, 6.07) is 9.18. The highest BCUT2D eigenvalue weighted by Gasteiger charge is 2.22. The van der Waals surface area contributed by atoms with Gasteiger partial charge in [-0.3, -0.25) is 9.78 Å². The molecular weight excluding hydrogens is 376 g/mol. The van der Waals surface area contributed by atoms with Gasteiger partial charge < -0.3 is 15.4 Å². The van der Waals surface area contributed by atoms with Crippen LogP contribution >= 0.6 is 11.6 Å². The van der Waals surface area contributed by atoms with E-state index < -0.39 is 0 Å². The maximum atomic E-state index is 13.2. The fraction of sp³-hybridized carbons (Fsp3) is 0.286. The first-order valence-corrected chi connectivity index (χ1v) is 9.63. The highest BCUT2D eigenvalue weighted by molar-refractivity contribution is 6.30. The molecular formula is C21H21ClN4O2. The van der Waals surface area contributed by atoms with E-state index in [0.717, 1.165) is 34.1 Å².